The summed E-state index contributed by atoms with van der Waals surface area (Å²) >= 11 is 6.21. The molecule has 1 heterocycles. The van der Waals surface area contributed by atoms with E-state index in [2.05, 4.69) is 24.4 Å². The van der Waals surface area contributed by atoms with Gasteiger partial charge in [0.1, 0.15) is 0 Å². The first-order valence-electron chi connectivity index (χ1n) is 8.94. The molecule has 132 valence electrons. The van der Waals surface area contributed by atoms with Gasteiger partial charge in [0.25, 0.3) is 5.91 Å². The van der Waals surface area contributed by atoms with Crippen molar-refractivity contribution < 1.29 is 4.79 Å². The standard InChI is InChI=1S/C22H21ClN2O/c1-12-9-13(2)21(14(3)10-12)25-22(26)20-16-5-4-6-18(16)24-19-8-7-15(23)11-17(19)20/h7-11H,4-6H2,1-3H3,(H,25,26). The van der Waals surface area contributed by atoms with Gasteiger partial charge in [0.15, 0.2) is 0 Å². The molecule has 3 nitrogen and oxygen atoms in total. The number of pyridine rings is 1. The van der Waals surface area contributed by atoms with Crippen molar-refractivity contribution in [3.63, 3.8) is 0 Å². The number of amides is 1. The van der Waals surface area contributed by atoms with Gasteiger partial charge < -0.3 is 5.32 Å². The summed E-state index contributed by atoms with van der Waals surface area (Å²) in [4.78, 5) is 18.1. The molecule has 2 aromatic carbocycles. The largest absolute Gasteiger partial charge is 0.321 e. The Morgan fingerprint density at radius 3 is 2.54 bits per heavy atom. The van der Waals surface area contributed by atoms with Gasteiger partial charge in [-0.1, -0.05) is 29.3 Å². The van der Waals surface area contributed by atoms with Crippen LogP contribution in [0, 0.1) is 20.8 Å². The molecule has 1 aromatic heterocycles. The average Bonchev–Trinajstić information content (AvgIpc) is 3.03. The Bertz CT molecular complexity index is 1030. The number of hydrogen-bond donors (Lipinski definition) is 1. The van der Waals surface area contributed by atoms with Crippen molar-refractivity contribution in [3.05, 3.63) is 68.9 Å². The molecule has 0 radical (unpaired) electrons. The summed E-state index contributed by atoms with van der Waals surface area (Å²) in [5.41, 5.74) is 7.90. The number of anilines is 1. The molecule has 0 saturated heterocycles. The van der Waals surface area contributed by atoms with Crippen LogP contribution in [0.3, 0.4) is 0 Å². The lowest BCUT2D eigenvalue weighted by molar-refractivity contribution is 0.102. The van der Waals surface area contributed by atoms with Crippen LogP contribution in [0.4, 0.5) is 5.69 Å². The van der Waals surface area contributed by atoms with E-state index in [0.717, 1.165) is 63.8 Å². The van der Waals surface area contributed by atoms with Gasteiger partial charge in [0.05, 0.1) is 11.1 Å². The minimum absolute atomic E-state index is 0.0760. The third-order valence-electron chi connectivity index (χ3n) is 5.12. The van der Waals surface area contributed by atoms with E-state index in [1.807, 2.05) is 32.0 Å². The van der Waals surface area contributed by atoms with E-state index in [1.54, 1.807) is 0 Å². The van der Waals surface area contributed by atoms with E-state index < -0.39 is 0 Å². The van der Waals surface area contributed by atoms with Crippen LogP contribution in [0.5, 0.6) is 0 Å². The van der Waals surface area contributed by atoms with Gasteiger partial charge >= 0.3 is 0 Å². The first kappa shape index (κ1) is 17.0. The number of halogens is 1. The summed E-state index contributed by atoms with van der Waals surface area (Å²) in [5, 5.41) is 4.60. The average molecular weight is 365 g/mol. The van der Waals surface area contributed by atoms with Crippen molar-refractivity contribution in [3.8, 4) is 0 Å². The molecule has 26 heavy (non-hydrogen) atoms. The molecule has 0 saturated carbocycles. The zero-order valence-corrected chi connectivity index (χ0v) is 16.0. The van der Waals surface area contributed by atoms with Gasteiger partial charge in [-0.2, -0.15) is 0 Å². The SMILES string of the molecule is Cc1cc(C)c(NC(=O)c2c3c(nc4ccc(Cl)cc24)CCC3)c(C)c1. The van der Waals surface area contributed by atoms with Crippen LogP contribution in [0.25, 0.3) is 10.9 Å². The van der Waals surface area contributed by atoms with Gasteiger partial charge in [-0.25, -0.2) is 0 Å². The number of carbonyl (C=O) groups excluding carboxylic acids is 1. The molecule has 0 aliphatic heterocycles. The zero-order chi connectivity index (χ0) is 18.4. The fraction of sp³-hybridized carbons (Fsp3) is 0.273. The molecule has 0 bridgehead atoms. The molecule has 0 atom stereocenters. The number of nitrogens with zero attached hydrogens (tertiary/aromatic N) is 1. The van der Waals surface area contributed by atoms with Crippen molar-refractivity contribution >= 4 is 34.1 Å². The number of rotatable bonds is 2. The highest BCUT2D eigenvalue weighted by Crippen LogP contribution is 2.32. The molecule has 4 heteroatoms. The minimum atomic E-state index is -0.0760. The quantitative estimate of drug-likeness (QED) is 0.647. The van der Waals surface area contributed by atoms with Crippen molar-refractivity contribution in [2.24, 2.45) is 0 Å². The topological polar surface area (TPSA) is 42.0 Å². The second-order valence-corrected chi connectivity index (χ2v) is 7.59. The summed E-state index contributed by atoms with van der Waals surface area (Å²) in [6.07, 6.45) is 2.85. The normalized spacial score (nSPS) is 13.1. The van der Waals surface area contributed by atoms with E-state index in [4.69, 9.17) is 16.6 Å². The second-order valence-electron chi connectivity index (χ2n) is 7.15. The lowest BCUT2D eigenvalue weighted by Gasteiger charge is -2.16. The van der Waals surface area contributed by atoms with Gasteiger partial charge in [-0.15, -0.1) is 0 Å². The monoisotopic (exact) mass is 364 g/mol. The van der Waals surface area contributed by atoms with E-state index >= 15 is 0 Å². The molecule has 1 N–H and O–H groups in total. The lowest BCUT2D eigenvalue weighted by Crippen LogP contribution is -2.17. The highest BCUT2D eigenvalue weighted by molar-refractivity contribution is 6.31. The summed E-state index contributed by atoms with van der Waals surface area (Å²) in [6.45, 7) is 6.12. The Labute approximate surface area is 158 Å². The maximum atomic E-state index is 13.3. The van der Waals surface area contributed by atoms with Crippen LogP contribution in [-0.4, -0.2) is 10.9 Å². The van der Waals surface area contributed by atoms with Crippen molar-refractivity contribution in [2.45, 2.75) is 40.0 Å². The molecule has 0 fully saturated rings. The predicted octanol–water partition coefficient (Wildman–Crippen LogP) is 5.55. The number of nitrogens with one attached hydrogen (secondary N) is 1. The van der Waals surface area contributed by atoms with Gasteiger partial charge in [0.2, 0.25) is 0 Å². The second kappa shape index (κ2) is 6.40. The van der Waals surface area contributed by atoms with Gasteiger partial charge in [-0.05, 0) is 74.9 Å². The fourth-order valence-electron chi connectivity index (χ4n) is 4.05. The smallest absolute Gasteiger partial charge is 0.256 e. The summed E-state index contributed by atoms with van der Waals surface area (Å²) in [5.74, 6) is -0.0760. The molecular weight excluding hydrogens is 344 g/mol. The Kier molecular flexibility index (Phi) is 4.20. The first-order valence-corrected chi connectivity index (χ1v) is 9.32. The zero-order valence-electron chi connectivity index (χ0n) is 15.2. The fourth-order valence-corrected chi connectivity index (χ4v) is 4.22. The molecule has 1 aliphatic carbocycles. The Morgan fingerprint density at radius 1 is 1.08 bits per heavy atom. The summed E-state index contributed by atoms with van der Waals surface area (Å²) in [6, 6.07) is 9.76. The number of benzene rings is 2. The van der Waals surface area contributed by atoms with Crippen LogP contribution in [0.15, 0.2) is 30.3 Å². The van der Waals surface area contributed by atoms with E-state index in [0.29, 0.717) is 5.02 Å². The maximum Gasteiger partial charge on any atom is 0.256 e. The molecule has 0 spiro atoms. The van der Waals surface area contributed by atoms with Crippen LogP contribution in [-0.2, 0) is 12.8 Å². The Balaban J connectivity index is 1.86. The summed E-state index contributed by atoms with van der Waals surface area (Å²) < 4.78 is 0. The third-order valence-corrected chi connectivity index (χ3v) is 5.35. The number of fused-ring (bicyclic) bond motifs is 2. The van der Waals surface area contributed by atoms with Crippen LogP contribution in [0.2, 0.25) is 5.02 Å². The Hall–Kier alpha value is -2.39. The molecule has 0 unspecified atom stereocenters. The van der Waals surface area contributed by atoms with Gasteiger partial charge in [-0.3, -0.25) is 9.78 Å². The third kappa shape index (κ3) is 2.86. The van der Waals surface area contributed by atoms with Crippen molar-refractivity contribution in [2.75, 3.05) is 5.32 Å². The van der Waals surface area contributed by atoms with Gasteiger partial charge in [0, 0.05) is 21.8 Å². The van der Waals surface area contributed by atoms with Crippen molar-refractivity contribution in [1.82, 2.24) is 4.98 Å². The number of aryl methyl sites for hydroxylation is 4. The van der Waals surface area contributed by atoms with E-state index in [-0.39, 0.29) is 5.91 Å². The van der Waals surface area contributed by atoms with Crippen molar-refractivity contribution in [1.29, 1.82) is 0 Å². The number of carbonyl (C=O) groups is 1. The molecular formula is C22H21ClN2O. The summed E-state index contributed by atoms with van der Waals surface area (Å²) in [7, 11) is 0. The van der Waals surface area contributed by atoms with Crippen LogP contribution < -0.4 is 5.32 Å². The van der Waals surface area contributed by atoms with Crippen LogP contribution >= 0.6 is 11.6 Å². The molecule has 3 aromatic rings. The molecule has 1 aliphatic rings. The molecule has 4 rings (SSSR count). The van der Waals surface area contributed by atoms with Crippen LogP contribution in [0.1, 0.15) is 44.7 Å². The minimum Gasteiger partial charge on any atom is -0.321 e. The van der Waals surface area contributed by atoms with E-state index in [1.165, 1.54) is 5.56 Å². The predicted molar refractivity (Wildman–Crippen MR) is 107 cm³/mol. The number of aromatic nitrogens is 1. The Morgan fingerprint density at radius 2 is 1.81 bits per heavy atom. The number of hydrogen-bond acceptors (Lipinski definition) is 2. The highest BCUT2D eigenvalue weighted by atomic mass is 35.5. The lowest BCUT2D eigenvalue weighted by atomic mass is 9.99. The van der Waals surface area contributed by atoms with E-state index in [9.17, 15) is 4.79 Å². The molecule has 1 amide bonds. The first-order chi connectivity index (χ1) is 12.4. The highest BCUT2D eigenvalue weighted by Gasteiger charge is 2.24. The maximum absolute atomic E-state index is 13.3.